The van der Waals surface area contributed by atoms with E-state index in [1.54, 1.807) is 6.92 Å². The van der Waals surface area contributed by atoms with E-state index in [4.69, 9.17) is 0 Å². The zero-order chi connectivity index (χ0) is 11.5. The van der Waals surface area contributed by atoms with Crippen molar-refractivity contribution in [1.29, 1.82) is 0 Å². The molecule has 0 bridgehead atoms. The summed E-state index contributed by atoms with van der Waals surface area (Å²) in [5.74, 6) is 0.191. The van der Waals surface area contributed by atoms with Gasteiger partial charge in [0.05, 0.1) is 6.04 Å². The highest BCUT2D eigenvalue weighted by Gasteiger charge is 2.31. The molecule has 1 heterocycles. The number of rotatable bonds is 3. The molecule has 3 heteroatoms. The molecule has 3 nitrogen and oxygen atoms in total. The van der Waals surface area contributed by atoms with Crippen molar-refractivity contribution in [3.05, 3.63) is 35.9 Å². The zero-order valence-electron chi connectivity index (χ0n) is 9.27. The van der Waals surface area contributed by atoms with Gasteiger partial charge in [-0.05, 0) is 13.3 Å². The van der Waals surface area contributed by atoms with Crippen LogP contribution in [0.1, 0.15) is 23.7 Å². The molecule has 1 aromatic rings. The molecule has 0 spiro atoms. The molecule has 84 valence electrons. The smallest absolute Gasteiger partial charge is 0.167 e. The van der Waals surface area contributed by atoms with Crippen molar-refractivity contribution in [2.24, 2.45) is 5.92 Å². The summed E-state index contributed by atoms with van der Waals surface area (Å²) in [5.41, 5.74) is 0.735. The normalized spacial score (nSPS) is 24.3. The number of hydrogen-bond donors (Lipinski definition) is 1. The minimum atomic E-state index is -0.141. The molecular weight excluding hydrogens is 202 g/mol. The SMILES string of the molecule is CC(=O)C1CC(C(=O)c2ccccc2)CN1. The molecule has 2 atom stereocenters. The number of Topliss-reactive ketones (excluding diaryl/α,β-unsaturated/α-hetero) is 2. The number of hydrogen-bond acceptors (Lipinski definition) is 3. The van der Waals surface area contributed by atoms with Gasteiger partial charge >= 0.3 is 0 Å². The highest BCUT2D eigenvalue weighted by atomic mass is 16.1. The number of benzene rings is 1. The second kappa shape index (κ2) is 4.58. The van der Waals surface area contributed by atoms with Crippen LogP contribution in [0.25, 0.3) is 0 Å². The fourth-order valence-corrected chi connectivity index (χ4v) is 2.08. The standard InChI is InChI=1S/C13H15NO2/c1-9(15)12-7-11(8-14-12)13(16)10-5-3-2-4-6-10/h2-6,11-12,14H,7-8H2,1H3. The fourth-order valence-electron chi connectivity index (χ4n) is 2.08. The third-order valence-electron chi connectivity index (χ3n) is 3.05. The molecule has 1 N–H and O–H groups in total. The third kappa shape index (κ3) is 2.19. The zero-order valence-corrected chi connectivity index (χ0v) is 9.27. The summed E-state index contributed by atoms with van der Waals surface area (Å²) < 4.78 is 0. The lowest BCUT2D eigenvalue weighted by atomic mass is 9.94. The van der Waals surface area contributed by atoms with Crippen LogP contribution in [-0.2, 0) is 4.79 Å². The summed E-state index contributed by atoms with van der Waals surface area (Å²) in [7, 11) is 0. The second-order valence-corrected chi connectivity index (χ2v) is 4.23. The predicted octanol–water partition coefficient (Wildman–Crippen LogP) is 1.44. The first kappa shape index (κ1) is 11.0. The summed E-state index contributed by atoms with van der Waals surface area (Å²) in [4.78, 5) is 23.2. The van der Waals surface area contributed by atoms with Crippen LogP contribution in [0.4, 0.5) is 0 Å². The van der Waals surface area contributed by atoms with E-state index in [0.717, 1.165) is 5.56 Å². The summed E-state index contributed by atoms with van der Waals surface area (Å²) in [6.45, 7) is 2.17. The highest BCUT2D eigenvalue weighted by molar-refractivity contribution is 5.98. The Kier molecular flexibility index (Phi) is 3.15. The van der Waals surface area contributed by atoms with Crippen molar-refractivity contribution < 1.29 is 9.59 Å². The van der Waals surface area contributed by atoms with Crippen molar-refractivity contribution in [2.75, 3.05) is 6.54 Å². The Labute approximate surface area is 94.9 Å². The lowest BCUT2D eigenvalue weighted by Crippen LogP contribution is -2.28. The molecule has 2 rings (SSSR count). The van der Waals surface area contributed by atoms with Gasteiger partial charge in [-0.3, -0.25) is 9.59 Å². The first-order valence-corrected chi connectivity index (χ1v) is 5.51. The highest BCUT2D eigenvalue weighted by Crippen LogP contribution is 2.19. The Morgan fingerprint density at radius 1 is 1.25 bits per heavy atom. The van der Waals surface area contributed by atoms with Crippen LogP contribution in [0.5, 0.6) is 0 Å². The molecule has 1 aliphatic rings. The Morgan fingerprint density at radius 2 is 1.94 bits per heavy atom. The summed E-state index contributed by atoms with van der Waals surface area (Å²) in [6, 6.07) is 9.11. The van der Waals surface area contributed by atoms with Crippen molar-refractivity contribution in [1.82, 2.24) is 5.32 Å². The monoisotopic (exact) mass is 217 g/mol. The van der Waals surface area contributed by atoms with Gasteiger partial charge in [0.25, 0.3) is 0 Å². The lowest BCUT2D eigenvalue weighted by Gasteiger charge is -2.07. The Balaban J connectivity index is 2.05. The molecule has 1 aromatic carbocycles. The van der Waals surface area contributed by atoms with Gasteiger partial charge in [-0.25, -0.2) is 0 Å². The van der Waals surface area contributed by atoms with E-state index >= 15 is 0 Å². The molecule has 0 radical (unpaired) electrons. The van der Waals surface area contributed by atoms with Crippen molar-refractivity contribution in [3.63, 3.8) is 0 Å². The van der Waals surface area contributed by atoms with E-state index in [1.807, 2.05) is 30.3 Å². The van der Waals surface area contributed by atoms with E-state index in [-0.39, 0.29) is 23.5 Å². The van der Waals surface area contributed by atoms with Gasteiger partial charge in [0.1, 0.15) is 5.78 Å². The van der Waals surface area contributed by atoms with Gasteiger partial charge in [0.15, 0.2) is 5.78 Å². The Hall–Kier alpha value is -1.48. The number of nitrogens with one attached hydrogen (secondary N) is 1. The van der Waals surface area contributed by atoms with Crippen LogP contribution in [-0.4, -0.2) is 24.2 Å². The number of carbonyl (C=O) groups excluding carboxylic acids is 2. The van der Waals surface area contributed by atoms with Gasteiger partial charge in [0.2, 0.25) is 0 Å². The van der Waals surface area contributed by atoms with Crippen molar-refractivity contribution in [2.45, 2.75) is 19.4 Å². The molecule has 1 fully saturated rings. The van der Waals surface area contributed by atoms with E-state index < -0.39 is 0 Å². The molecular formula is C13H15NO2. The van der Waals surface area contributed by atoms with E-state index in [1.165, 1.54) is 0 Å². The van der Waals surface area contributed by atoms with Crippen LogP contribution < -0.4 is 5.32 Å². The maximum absolute atomic E-state index is 12.1. The van der Waals surface area contributed by atoms with Gasteiger partial charge < -0.3 is 5.32 Å². The summed E-state index contributed by atoms with van der Waals surface area (Å²) >= 11 is 0. The van der Waals surface area contributed by atoms with Crippen LogP contribution in [0.15, 0.2) is 30.3 Å². The van der Waals surface area contributed by atoms with Gasteiger partial charge in [-0.2, -0.15) is 0 Å². The molecule has 0 aliphatic carbocycles. The van der Waals surface area contributed by atoms with Gasteiger partial charge in [-0.15, -0.1) is 0 Å². The maximum atomic E-state index is 12.1. The molecule has 1 aliphatic heterocycles. The molecule has 0 aromatic heterocycles. The van der Waals surface area contributed by atoms with Crippen LogP contribution in [0.2, 0.25) is 0 Å². The van der Waals surface area contributed by atoms with Crippen molar-refractivity contribution in [3.8, 4) is 0 Å². The topological polar surface area (TPSA) is 46.2 Å². The first-order valence-electron chi connectivity index (χ1n) is 5.51. The quantitative estimate of drug-likeness (QED) is 0.779. The summed E-state index contributed by atoms with van der Waals surface area (Å²) in [6.07, 6.45) is 0.628. The fraction of sp³-hybridized carbons (Fsp3) is 0.385. The molecule has 16 heavy (non-hydrogen) atoms. The summed E-state index contributed by atoms with van der Waals surface area (Å²) in [5, 5.41) is 3.09. The first-order chi connectivity index (χ1) is 7.68. The average Bonchev–Trinajstić information content (AvgIpc) is 2.78. The minimum absolute atomic E-state index is 0.0590. The van der Waals surface area contributed by atoms with Crippen LogP contribution >= 0.6 is 0 Å². The predicted molar refractivity (Wildman–Crippen MR) is 61.4 cm³/mol. The third-order valence-corrected chi connectivity index (χ3v) is 3.05. The molecule has 2 unspecified atom stereocenters. The molecule has 1 saturated heterocycles. The van der Waals surface area contributed by atoms with Crippen LogP contribution in [0, 0.1) is 5.92 Å². The minimum Gasteiger partial charge on any atom is -0.307 e. The van der Waals surface area contributed by atoms with E-state index in [2.05, 4.69) is 5.32 Å². The van der Waals surface area contributed by atoms with E-state index in [9.17, 15) is 9.59 Å². The second-order valence-electron chi connectivity index (χ2n) is 4.23. The number of ketones is 2. The van der Waals surface area contributed by atoms with Crippen LogP contribution in [0.3, 0.4) is 0 Å². The van der Waals surface area contributed by atoms with Crippen molar-refractivity contribution >= 4 is 11.6 Å². The van der Waals surface area contributed by atoms with Gasteiger partial charge in [0, 0.05) is 18.0 Å². The number of carbonyl (C=O) groups is 2. The average molecular weight is 217 g/mol. The molecule has 0 saturated carbocycles. The molecule has 0 amide bonds. The van der Waals surface area contributed by atoms with Gasteiger partial charge in [-0.1, -0.05) is 30.3 Å². The van der Waals surface area contributed by atoms with E-state index in [0.29, 0.717) is 13.0 Å². The Morgan fingerprint density at radius 3 is 2.50 bits per heavy atom. The lowest BCUT2D eigenvalue weighted by molar-refractivity contribution is -0.118. The Bertz CT molecular complexity index is 400. The maximum Gasteiger partial charge on any atom is 0.167 e. The largest absolute Gasteiger partial charge is 0.307 e.